The Hall–Kier alpha value is -1.56. The number of ether oxygens (including phenoxy) is 1. The lowest BCUT2D eigenvalue weighted by Crippen LogP contribution is -2.04. The average molecular weight is 244 g/mol. The normalized spacial score (nSPS) is 10.4. The van der Waals surface area contributed by atoms with Gasteiger partial charge in [0.25, 0.3) is 0 Å². The Bertz CT molecular complexity index is 482. The summed E-state index contributed by atoms with van der Waals surface area (Å²) in [6.07, 6.45) is 0. The summed E-state index contributed by atoms with van der Waals surface area (Å²) in [5.74, 6) is -0.896. The Morgan fingerprint density at radius 3 is 2.50 bits per heavy atom. The van der Waals surface area contributed by atoms with Crippen molar-refractivity contribution in [2.24, 2.45) is 0 Å². The highest BCUT2D eigenvalue weighted by atomic mass is 32.2. The lowest BCUT2D eigenvalue weighted by atomic mass is 10.0. The molecule has 0 atom stereocenters. The van der Waals surface area contributed by atoms with Crippen molar-refractivity contribution in [3.8, 4) is 5.75 Å². The number of methoxy groups -OCH3 is 1. The van der Waals surface area contributed by atoms with Crippen molar-refractivity contribution in [3.63, 3.8) is 0 Å². The molecule has 0 saturated carbocycles. The largest absolute Gasteiger partial charge is 0.496 e. The summed E-state index contributed by atoms with van der Waals surface area (Å²) in [5, 5.41) is 8.88. The van der Waals surface area contributed by atoms with Crippen LogP contribution in [0.3, 0.4) is 0 Å². The third-order valence-electron chi connectivity index (χ3n) is 2.22. The number of thiol groups is 1. The van der Waals surface area contributed by atoms with Crippen molar-refractivity contribution in [1.82, 2.24) is 0 Å². The first-order chi connectivity index (χ1) is 7.47. The van der Waals surface area contributed by atoms with Crippen LogP contribution in [0, 0.1) is 6.92 Å². The zero-order valence-electron chi connectivity index (χ0n) is 8.89. The van der Waals surface area contributed by atoms with E-state index in [1.54, 1.807) is 6.92 Å². The van der Waals surface area contributed by atoms with E-state index in [1.165, 1.54) is 19.2 Å². The van der Waals surface area contributed by atoms with E-state index in [0.717, 1.165) is 0 Å². The van der Waals surface area contributed by atoms with E-state index >= 15 is 0 Å². The van der Waals surface area contributed by atoms with E-state index in [-0.39, 0.29) is 11.3 Å². The lowest BCUT2D eigenvalue weighted by Gasteiger charge is -2.11. The van der Waals surface area contributed by atoms with Gasteiger partial charge in [0.15, 0.2) is 0 Å². The maximum Gasteiger partial charge on any atom is 0.336 e. The summed E-state index contributed by atoms with van der Waals surface area (Å²) in [6.45, 7) is 1.59. The monoisotopic (exact) mass is 244 g/mol. The Kier molecular flexibility index (Phi) is 3.89. The first-order valence-electron chi connectivity index (χ1n) is 4.49. The van der Waals surface area contributed by atoms with Gasteiger partial charge in [-0.1, -0.05) is 6.07 Å². The van der Waals surface area contributed by atoms with E-state index in [0.29, 0.717) is 16.9 Å². The van der Waals surface area contributed by atoms with Crippen LogP contribution in [0.15, 0.2) is 12.1 Å². The van der Waals surface area contributed by atoms with E-state index in [2.05, 4.69) is 0 Å². The molecule has 16 heavy (non-hydrogen) atoms. The van der Waals surface area contributed by atoms with Crippen molar-refractivity contribution < 1.29 is 23.1 Å². The molecule has 0 spiro atoms. The average Bonchev–Trinajstić information content (AvgIpc) is 2.16. The van der Waals surface area contributed by atoms with Gasteiger partial charge < -0.3 is 9.84 Å². The summed E-state index contributed by atoms with van der Waals surface area (Å²) in [5.41, 5.74) is 1.02. The first-order valence-corrected chi connectivity index (χ1v) is 5.85. The SMILES string of the molecule is COc1c(C[SH](=O)=O)ccc(C(=O)O)c1C. The van der Waals surface area contributed by atoms with Crippen LogP contribution < -0.4 is 4.74 Å². The fourth-order valence-corrected chi connectivity index (χ4v) is 2.05. The smallest absolute Gasteiger partial charge is 0.336 e. The minimum atomic E-state index is -2.56. The van der Waals surface area contributed by atoms with Crippen LogP contribution in [0.4, 0.5) is 0 Å². The predicted octanol–water partition coefficient (Wildman–Crippen LogP) is 0.813. The van der Waals surface area contributed by atoms with E-state index in [1.807, 2.05) is 0 Å². The molecule has 0 aliphatic heterocycles. The molecule has 0 bridgehead atoms. The van der Waals surface area contributed by atoms with Crippen molar-refractivity contribution in [3.05, 3.63) is 28.8 Å². The quantitative estimate of drug-likeness (QED) is 0.766. The molecule has 1 aromatic carbocycles. The number of carboxylic acids is 1. The second-order valence-electron chi connectivity index (χ2n) is 3.23. The van der Waals surface area contributed by atoms with Gasteiger partial charge in [-0.2, -0.15) is 0 Å². The Balaban J connectivity index is 3.34. The predicted molar refractivity (Wildman–Crippen MR) is 58.7 cm³/mol. The van der Waals surface area contributed by atoms with Crippen LogP contribution in [-0.2, 0) is 16.5 Å². The molecule has 1 aromatic rings. The van der Waals surface area contributed by atoms with Gasteiger partial charge in [-0.25, -0.2) is 13.2 Å². The zero-order chi connectivity index (χ0) is 12.3. The highest BCUT2D eigenvalue weighted by Gasteiger charge is 2.15. The molecule has 88 valence electrons. The maximum atomic E-state index is 10.8. The molecule has 1 N–H and O–H groups in total. The minimum absolute atomic E-state index is 0.113. The van der Waals surface area contributed by atoms with Crippen LogP contribution >= 0.6 is 0 Å². The lowest BCUT2D eigenvalue weighted by molar-refractivity contribution is 0.0695. The van der Waals surface area contributed by atoms with Gasteiger partial charge in [-0.15, -0.1) is 0 Å². The second kappa shape index (κ2) is 4.98. The molecular weight excluding hydrogens is 232 g/mol. The number of hydrogen-bond acceptors (Lipinski definition) is 4. The molecule has 0 aromatic heterocycles. The van der Waals surface area contributed by atoms with Crippen LogP contribution in [0.1, 0.15) is 21.5 Å². The Morgan fingerprint density at radius 2 is 2.06 bits per heavy atom. The van der Waals surface area contributed by atoms with Gasteiger partial charge in [-0.05, 0) is 13.0 Å². The number of aromatic carboxylic acids is 1. The van der Waals surface area contributed by atoms with E-state index in [9.17, 15) is 13.2 Å². The van der Waals surface area contributed by atoms with Crippen LogP contribution in [-0.4, -0.2) is 26.6 Å². The summed E-state index contributed by atoms with van der Waals surface area (Å²) in [7, 11) is -1.18. The summed E-state index contributed by atoms with van der Waals surface area (Å²) in [4.78, 5) is 10.8. The second-order valence-corrected chi connectivity index (χ2v) is 4.21. The molecule has 0 aliphatic carbocycles. The first kappa shape index (κ1) is 12.5. The van der Waals surface area contributed by atoms with Crippen LogP contribution in [0.5, 0.6) is 5.75 Å². The summed E-state index contributed by atoms with van der Waals surface area (Å²) < 4.78 is 26.3. The number of carboxylic acid groups (broad SMARTS) is 1. The molecule has 0 unspecified atom stereocenters. The standard InChI is InChI=1S/C10H12O5S/c1-6-8(10(11)12)4-3-7(5-16(13)14)9(6)15-2/h3-4,16H,5H2,1-2H3,(H,11,12). The molecule has 0 amide bonds. The zero-order valence-corrected chi connectivity index (χ0v) is 9.78. The topological polar surface area (TPSA) is 80.7 Å². The number of benzene rings is 1. The Morgan fingerprint density at radius 1 is 1.44 bits per heavy atom. The van der Waals surface area contributed by atoms with Crippen LogP contribution in [0.25, 0.3) is 0 Å². The highest BCUT2D eigenvalue weighted by Crippen LogP contribution is 2.27. The summed E-state index contributed by atoms with van der Waals surface area (Å²) >= 11 is 0. The molecule has 6 heteroatoms. The highest BCUT2D eigenvalue weighted by molar-refractivity contribution is 7.71. The molecule has 0 saturated heterocycles. The fraction of sp³-hybridized carbons (Fsp3) is 0.300. The molecule has 1 rings (SSSR count). The molecule has 0 heterocycles. The van der Waals surface area contributed by atoms with Crippen LogP contribution in [0.2, 0.25) is 0 Å². The third-order valence-corrected chi connectivity index (χ3v) is 2.82. The van der Waals surface area contributed by atoms with Crippen molar-refractivity contribution in [1.29, 1.82) is 0 Å². The van der Waals surface area contributed by atoms with Gasteiger partial charge >= 0.3 is 5.97 Å². The fourth-order valence-electron chi connectivity index (χ4n) is 1.53. The molecule has 5 nitrogen and oxygen atoms in total. The van der Waals surface area contributed by atoms with Crippen molar-refractivity contribution >= 4 is 16.7 Å². The molecule has 0 aliphatic rings. The number of rotatable bonds is 4. The maximum absolute atomic E-state index is 10.8. The van der Waals surface area contributed by atoms with Gasteiger partial charge in [0.2, 0.25) is 0 Å². The van der Waals surface area contributed by atoms with Crippen molar-refractivity contribution in [2.75, 3.05) is 7.11 Å². The van der Waals surface area contributed by atoms with E-state index < -0.39 is 16.7 Å². The van der Waals surface area contributed by atoms with Gasteiger partial charge in [0, 0.05) is 11.1 Å². The van der Waals surface area contributed by atoms with Gasteiger partial charge in [0.05, 0.1) is 18.4 Å². The summed E-state index contributed by atoms with van der Waals surface area (Å²) in [6, 6.07) is 2.84. The minimum Gasteiger partial charge on any atom is -0.496 e. The third kappa shape index (κ3) is 2.52. The van der Waals surface area contributed by atoms with E-state index in [4.69, 9.17) is 9.84 Å². The number of hydrogen-bond donors (Lipinski definition) is 2. The molecule has 0 radical (unpaired) electrons. The van der Waals surface area contributed by atoms with Gasteiger partial charge in [0.1, 0.15) is 16.5 Å². The molecular formula is C10H12O5S. The molecule has 0 fully saturated rings. The number of carbonyl (C=O) groups is 1. The van der Waals surface area contributed by atoms with Gasteiger partial charge in [-0.3, -0.25) is 0 Å². The Labute approximate surface area is 94.6 Å². The van der Waals surface area contributed by atoms with Crippen molar-refractivity contribution in [2.45, 2.75) is 12.7 Å².